The Hall–Kier alpha value is -2.44. The number of nitrogens with zero attached hydrogens (tertiary/aromatic N) is 6. The van der Waals surface area contributed by atoms with Gasteiger partial charge in [0.1, 0.15) is 11.5 Å². The Morgan fingerprint density at radius 1 is 1.00 bits per heavy atom. The molecule has 28 heavy (non-hydrogen) atoms. The van der Waals surface area contributed by atoms with Gasteiger partial charge in [-0.15, -0.1) is 0 Å². The minimum absolute atomic E-state index is 0.321. The van der Waals surface area contributed by atoms with E-state index in [1.807, 2.05) is 12.4 Å². The minimum atomic E-state index is 0.321. The van der Waals surface area contributed by atoms with Gasteiger partial charge in [-0.2, -0.15) is 0 Å². The largest absolute Gasteiger partial charge is 0.358 e. The summed E-state index contributed by atoms with van der Waals surface area (Å²) in [4.78, 5) is 16.6. The Morgan fingerprint density at radius 3 is 2.64 bits per heavy atom. The van der Waals surface area contributed by atoms with Gasteiger partial charge in [-0.25, -0.2) is 4.98 Å². The molecular weight excluding hydrogens is 348 g/mol. The maximum absolute atomic E-state index is 5.02. The standard InChI is InChI=1S/C22H28N6/c1-25-13-14-26(15-18-7-9-23-10-8-18)17-20(25)19-16-28-21(24-19)5-4-6-22(28)27-11-2-3-12-27/h4-10,16,20H,2-3,11-15,17H2,1H3/t20-/m0/s1. The zero-order valence-electron chi connectivity index (χ0n) is 16.5. The molecule has 2 aliphatic rings. The fraction of sp³-hybridized carbons (Fsp3) is 0.455. The summed E-state index contributed by atoms with van der Waals surface area (Å²) in [5, 5.41) is 0. The second kappa shape index (κ2) is 7.53. The first-order valence-electron chi connectivity index (χ1n) is 10.3. The molecule has 0 unspecified atom stereocenters. The molecule has 5 heterocycles. The molecular formula is C22H28N6. The monoisotopic (exact) mass is 376 g/mol. The number of pyridine rings is 2. The van der Waals surface area contributed by atoms with E-state index in [9.17, 15) is 0 Å². The van der Waals surface area contributed by atoms with Crippen LogP contribution in [0.3, 0.4) is 0 Å². The van der Waals surface area contributed by atoms with E-state index in [2.05, 4.69) is 67.7 Å². The second-order valence-corrected chi connectivity index (χ2v) is 8.06. The van der Waals surface area contributed by atoms with Crippen molar-refractivity contribution in [2.24, 2.45) is 0 Å². The molecule has 0 amide bonds. The van der Waals surface area contributed by atoms with Crippen molar-refractivity contribution in [1.82, 2.24) is 24.2 Å². The molecule has 1 atom stereocenters. The number of fused-ring (bicyclic) bond motifs is 1. The van der Waals surface area contributed by atoms with Gasteiger partial charge >= 0.3 is 0 Å². The van der Waals surface area contributed by atoms with Crippen molar-refractivity contribution in [3.63, 3.8) is 0 Å². The van der Waals surface area contributed by atoms with E-state index in [0.29, 0.717) is 6.04 Å². The molecule has 0 N–H and O–H groups in total. The molecule has 0 radical (unpaired) electrons. The Labute approximate surface area is 166 Å². The molecule has 0 saturated carbocycles. The molecule has 2 aliphatic heterocycles. The van der Waals surface area contributed by atoms with Crippen molar-refractivity contribution in [1.29, 1.82) is 0 Å². The van der Waals surface area contributed by atoms with E-state index >= 15 is 0 Å². The van der Waals surface area contributed by atoms with E-state index < -0.39 is 0 Å². The van der Waals surface area contributed by atoms with Gasteiger partial charge < -0.3 is 4.90 Å². The third-order valence-electron chi connectivity index (χ3n) is 6.15. The molecule has 2 saturated heterocycles. The van der Waals surface area contributed by atoms with Crippen molar-refractivity contribution in [2.75, 3.05) is 44.7 Å². The maximum atomic E-state index is 5.02. The van der Waals surface area contributed by atoms with Crippen molar-refractivity contribution in [3.05, 3.63) is 60.2 Å². The fourth-order valence-electron chi connectivity index (χ4n) is 4.52. The normalized spacial score (nSPS) is 21.6. The van der Waals surface area contributed by atoms with E-state index in [0.717, 1.165) is 44.9 Å². The predicted molar refractivity (Wildman–Crippen MR) is 112 cm³/mol. The van der Waals surface area contributed by atoms with Crippen LogP contribution in [0.2, 0.25) is 0 Å². The maximum Gasteiger partial charge on any atom is 0.138 e. The van der Waals surface area contributed by atoms with Crippen LogP contribution in [-0.2, 0) is 6.54 Å². The molecule has 0 spiro atoms. The highest BCUT2D eigenvalue weighted by Gasteiger charge is 2.28. The number of likely N-dealkylation sites (N-methyl/N-ethyl adjacent to an activating group) is 1. The van der Waals surface area contributed by atoms with Gasteiger partial charge in [0.2, 0.25) is 0 Å². The third kappa shape index (κ3) is 3.38. The Kier molecular flexibility index (Phi) is 4.74. The predicted octanol–water partition coefficient (Wildman–Crippen LogP) is 2.82. The molecule has 0 bridgehead atoms. The Bertz CT molecular complexity index is 931. The van der Waals surface area contributed by atoms with Gasteiger partial charge in [0.25, 0.3) is 0 Å². The SMILES string of the molecule is CN1CCN(Cc2ccncc2)C[C@H]1c1cn2c(N3CCCC3)cccc2n1. The summed E-state index contributed by atoms with van der Waals surface area (Å²) in [6.45, 7) is 6.41. The molecule has 2 fully saturated rings. The zero-order valence-corrected chi connectivity index (χ0v) is 16.5. The first-order valence-corrected chi connectivity index (χ1v) is 10.3. The number of hydrogen-bond acceptors (Lipinski definition) is 5. The third-order valence-corrected chi connectivity index (χ3v) is 6.15. The van der Waals surface area contributed by atoms with Gasteiger partial charge in [-0.1, -0.05) is 6.07 Å². The zero-order chi connectivity index (χ0) is 18.9. The lowest BCUT2D eigenvalue weighted by Gasteiger charge is -2.38. The highest BCUT2D eigenvalue weighted by atomic mass is 15.3. The lowest BCUT2D eigenvalue weighted by Crippen LogP contribution is -2.46. The first kappa shape index (κ1) is 17.6. The number of piperazine rings is 1. The lowest BCUT2D eigenvalue weighted by molar-refractivity contribution is 0.0885. The van der Waals surface area contributed by atoms with Crippen molar-refractivity contribution in [2.45, 2.75) is 25.4 Å². The van der Waals surface area contributed by atoms with Crippen LogP contribution in [0.4, 0.5) is 5.82 Å². The van der Waals surface area contributed by atoms with Crippen molar-refractivity contribution >= 4 is 11.5 Å². The molecule has 146 valence electrons. The fourth-order valence-corrected chi connectivity index (χ4v) is 4.52. The van der Waals surface area contributed by atoms with Gasteiger partial charge in [0.05, 0.1) is 11.7 Å². The number of aromatic nitrogens is 3. The van der Waals surface area contributed by atoms with Gasteiger partial charge in [0.15, 0.2) is 0 Å². The van der Waals surface area contributed by atoms with Crippen LogP contribution in [0, 0.1) is 0 Å². The van der Waals surface area contributed by atoms with E-state index in [1.165, 1.54) is 29.9 Å². The Balaban J connectivity index is 1.40. The summed E-state index contributed by atoms with van der Waals surface area (Å²) >= 11 is 0. The van der Waals surface area contributed by atoms with Crippen LogP contribution in [-0.4, -0.2) is 63.9 Å². The topological polar surface area (TPSA) is 39.9 Å². The van der Waals surface area contributed by atoms with Crippen molar-refractivity contribution in [3.8, 4) is 0 Å². The summed E-state index contributed by atoms with van der Waals surface area (Å²) in [6.07, 6.45) is 8.59. The minimum Gasteiger partial charge on any atom is -0.358 e. The summed E-state index contributed by atoms with van der Waals surface area (Å²) in [5.41, 5.74) is 3.55. The van der Waals surface area contributed by atoms with Crippen LogP contribution < -0.4 is 4.90 Å². The van der Waals surface area contributed by atoms with Crippen molar-refractivity contribution < 1.29 is 0 Å². The molecule has 6 nitrogen and oxygen atoms in total. The Morgan fingerprint density at radius 2 is 1.82 bits per heavy atom. The lowest BCUT2D eigenvalue weighted by atomic mass is 10.1. The highest BCUT2D eigenvalue weighted by Crippen LogP contribution is 2.28. The summed E-state index contributed by atoms with van der Waals surface area (Å²) in [6, 6.07) is 11.0. The van der Waals surface area contributed by atoms with Gasteiger partial charge in [-0.3, -0.25) is 19.2 Å². The van der Waals surface area contributed by atoms with Crippen LogP contribution in [0.15, 0.2) is 48.9 Å². The van der Waals surface area contributed by atoms with Crippen LogP contribution in [0.5, 0.6) is 0 Å². The number of hydrogen-bond donors (Lipinski definition) is 0. The summed E-state index contributed by atoms with van der Waals surface area (Å²) < 4.78 is 2.29. The van der Waals surface area contributed by atoms with Crippen LogP contribution in [0.25, 0.3) is 5.65 Å². The average molecular weight is 377 g/mol. The summed E-state index contributed by atoms with van der Waals surface area (Å²) in [5.74, 6) is 1.28. The van der Waals surface area contributed by atoms with E-state index in [1.54, 1.807) is 0 Å². The quantitative estimate of drug-likeness (QED) is 0.700. The molecule has 0 aromatic carbocycles. The van der Waals surface area contributed by atoms with E-state index in [4.69, 9.17) is 4.98 Å². The number of rotatable bonds is 4. The smallest absolute Gasteiger partial charge is 0.138 e. The molecule has 5 rings (SSSR count). The summed E-state index contributed by atoms with van der Waals surface area (Å²) in [7, 11) is 2.22. The van der Waals surface area contributed by atoms with Crippen LogP contribution in [0.1, 0.15) is 30.1 Å². The number of imidazole rings is 1. The second-order valence-electron chi connectivity index (χ2n) is 8.06. The van der Waals surface area contributed by atoms with Gasteiger partial charge in [-0.05, 0) is 49.7 Å². The number of anilines is 1. The molecule has 0 aliphatic carbocycles. The molecule has 3 aromatic rings. The van der Waals surface area contributed by atoms with Crippen LogP contribution >= 0.6 is 0 Å². The van der Waals surface area contributed by atoms with E-state index in [-0.39, 0.29) is 0 Å². The highest BCUT2D eigenvalue weighted by molar-refractivity contribution is 5.53. The molecule has 6 heteroatoms. The van der Waals surface area contributed by atoms with Gasteiger partial charge in [0, 0.05) is 57.9 Å². The molecule has 3 aromatic heterocycles. The average Bonchev–Trinajstić information content (AvgIpc) is 3.40. The first-order chi connectivity index (χ1) is 13.8.